The van der Waals surface area contributed by atoms with Crippen molar-refractivity contribution in [1.29, 1.82) is 0 Å². The van der Waals surface area contributed by atoms with Crippen LogP contribution in [0.25, 0.3) is 5.57 Å². The molecular weight excluding hydrogens is 610 g/mol. The van der Waals surface area contributed by atoms with Crippen LogP contribution in [0.3, 0.4) is 0 Å². The molecule has 9 nitrogen and oxygen atoms in total. The van der Waals surface area contributed by atoms with Gasteiger partial charge < -0.3 is 14.6 Å². The molecular formula is C39H31NO8. The first-order valence-corrected chi connectivity index (χ1v) is 16.0. The van der Waals surface area contributed by atoms with E-state index < -0.39 is 52.9 Å². The van der Waals surface area contributed by atoms with E-state index in [2.05, 4.69) is 0 Å². The number of hydrogen-bond acceptors (Lipinski definition) is 8. The molecule has 1 N–H and O–H groups in total. The third kappa shape index (κ3) is 4.13. The van der Waals surface area contributed by atoms with E-state index in [1.165, 1.54) is 12.1 Å². The minimum Gasteiger partial charge on any atom is -0.508 e. The van der Waals surface area contributed by atoms with Crippen molar-refractivity contribution in [2.45, 2.75) is 24.7 Å². The fourth-order valence-corrected chi connectivity index (χ4v) is 8.96. The van der Waals surface area contributed by atoms with Gasteiger partial charge in [0.25, 0.3) is 0 Å². The lowest BCUT2D eigenvalue weighted by atomic mass is 9.44. The minimum absolute atomic E-state index is 0.0628. The molecule has 2 fully saturated rings. The van der Waals surface area contributed by atoms with Crippen LogP contribution in [-0.2, 0) is 35.8 Å². The van der Waals surface area contributed by atoms with Crippen molar-refractivity contribution in [2.24, 2.45) is 29.6 Å². The third-order valence-corrected chi connectivity index (χ3v) is 10.9. The van der Waals surface area contributed by atoms with E-state index in [1.54, 1.807) is 30.5 Å². The topological polar surface area (TPSA) is 127 Å². The van der Waals surface area contributed by atoms with E-state index in [9.17, 15) is 24.3 Å². The number of amides is 3. The number of phenols is 1. The van der Waals surface area contributed by atoms with E-state index in [4.69, 9.17) is 9.47 Å². The molecule has 2 aliphatic heterocycles. The lowest BCUT2D eigenvalue weighted by Gasteiger charge is -2.56. The van der Waals surface area contributed by atoms with Crippen LogP contribution in [0.15, 0.2) is 108 Å². The maximum atomic E-state index is 15.1. The van der Waals surface area contributed by atoms with Crippen molar-refractivity contribution in [1.82, 2.24) is 4.90 Å². The van der Waals surface area contributed by atoms with E-state index in [1.807, 2.05) is 54.6 Å². The van der Waals surface area contributed by atoms with Crippen molar-refractivity contribution >= 4 is 35.0 Å². The molecule has 0 radical (unpaired) electrons. The lowest BCUT2D eigenvalue weighted by Crippen LogP contribution is -2.60. The summed E-state index contributed by atoms with van der Waals surface area (Å²) in [6, 6.07) is 23.2. The van der Waals surface area contributed by atoms with Gasteiger partial charge in [0.1, 0.15) is 11.5 Å². The van der Waals surface area contributed by atoms with E-state index in [-0.39, 0.29) is 30.2 Å². The van der Waals surface area contributed by atoms with Crippen molar-refractivity contribution < 1.29 is 38.6 Å². The SMILES string of the molecule is COC(=O)N1C(=O)C2CC=C3C(CC4C(=O)C(c5ccccc5)=CC(=O)C4(c4ccccc4)C3C3=COc4ccc(O)cc4C3)C2C1=O. The Balaban J connectivity index is 1.37. The maximum Gasteiger partial charge on any atom is 0.423 e. The molecule has 0 bridgehead atoms. The van der Waals surface area contributed by atoms with Gasteiger partial charge in [0.15, 0.2) is 11.6 Å². The second-order valence-electron chi connectivity index (χ2n) is 13.0. The zero-order valence-corrected chi connectivity index (χ0v) is 26.0. The number of hydrogen-bond donors (Lipinski definition) is 1. The molecule has 5 aliphatic rings. The largest absolute Gasteiger partial charge is 0.508 e. The summed E-state index contributed by atoms with van der Waals surface area (Å²) < 4.78 is 10.9. The van der Waals surface area contributed by atoms with Gasteiger partial charge in [-0.15, -0.1) is 0 Å². The van der Waals surface area contributed by atoms with Gasteiger partial charge in [-0.2, -0.15) is 4.90 Å². The molecule has 48 heavy (non-hydrogen) atoms. The molecule has 0 spiro atoms. The average molecular weight is 642 g/mol. The molecule has 3 aliphatic carbocycles. The number of ketones is 2. The molecule has 6 unspecified atom stereocenters. The second kappa shape index (κ2) is 11.0. The van der Waals surface area contributed by atoms with Crippen LogP contribution in [0.1, 0.15) is 29.5 Å². The first-order valence-electron chi connectivity index (χ1n) is 16.0. The minimum atomic E-state index is -1.40. The molecule has 240 valence electrons. The number of rotatable bonds is 3. The van der Waals surface area contributed by atoms with Gasteiger partial charge >= 0.3 is 6.09 Å². The normalized spacial score (nSPS) is 29.0. The number of benzene rings is 3. The Kier molecular flexibility index (Phi) is 6.84. The number of likely N-dealkylation sites (tertiary alicyclic amines) is 1. The second-order valence-corrected chi connectivity index (χ2v) is 13.0. The predicted molar refractivity (Wildman–Crippen MR) is 172 cm³/mol. The van der Waals surface area contributed by atoms with Crippen molar-refractivity contribution in [2.75, 3.05) is 7.11 Å². The Hall–Kier alpha value is -5.57. The number of phenolic OH excluding ortho intramolecular Hbond substituents is 1. The smallest absolute Gasteiger partial charge is 0.423 e. The van der Waals surface area contributed by atoms with Crippen LogP contribution < -0.4 is 4.74 Å². The first-order chi connectivity index (χ1) is 23.2. The van der Waals surface area contributed by atoms with Gasteiger partial charge in [-0.05, 0) is 59.7 Å². The number of Topliss-reactive ketones (excluding diaryl/α,β-unsaturated/α-hetero) is 1. The molecule has 1 saturated heterocycles. The highest BCUT2D eigenvalue weighted by Gasteiger charge is 2.66. The Morgan fingerprint density at radius 2 is 1.67 bits per heavy atom. The number of carbonyl (C=O) groups excluding carboxylic acids is 5. The molecule has 0 aromatic heterocycles. The number of imide groups is 3. The highest BCUT2D eigenvalue weighted by atomic mass is 16.5. The van der Waals surface area contributed by atoms with Crippen LogP contribution in [0.5, 0.6) is 11.5 Å². The van der Waals surface area contributed by atoms with E-state index >= 15 is 4.79 Å². The van der Waals surface area contributed by atoms with Gasteiger partial charge in [-0.1, -0.05) is 72.3 Å². The summed E-state index contributed by atoms with van der Waals surface area (Å²) in [5, 5.41) is 10.3. The number of fused-ring (bicyclic) bond motifs is 5. The van der Waals surface area contributed by atoms with E-state index in [0.717, 1.165) is 12.7 Å². The molecule has 2 heterocycles. The quantitative estimate of drug-likeness (QED) is 0.300. The van der Waals surface area contributed by atoms with Crippen LogP contribution in [0.4, 0.5) is 4.79 Å². The molecule has 3 amide bonds. The first kappa shape index (κ1) is 29.8. The number of aromatic hydroxyl groups is 1. The molecule has 3 aromatic rings. The van der Waals surface area contributed by atoms with Crippen molar-refractivity contribution in [3.8, 4) is 11.5 Å². The fraction of sp³-hybridized carbons (Fsp3) is 0.256. The van der Waals surface area contributed by atoms with Gasteiger partial charge in [0.2, 0.25) is 11.8 Å². The summed E-state index contributed by atoms with van der Waals surface area (Å²) in [6.07, 6.45) is 4.59. The summed E-state index contributed by atoms with van der Waals surface area (Å²) >= 11 is 0. The number of nitrogens with zero attached hydrogens (tertiary/aromatic N) is 1. The standard InChI is InChI=1S/C39H31NO8/c1-47-38(46)40-36(44)27-14-13-26-29(33(27)37(40)45)18-30-35(43)28(21-8-4-2-5-9-21)19-32(42)39(30,24-10-6-3-7-11-24)34(26)23-16-22-17-25(41)12-15-31(22)48-20-23/h2-13,15,17,19-20,27,29-30,33-34,41H,14,16,18H2,1H3. The molecule has 8 rings (SSSR count). The summed E-state index contributed by atoms with van der Waals surface area (Å²) in [4.78, 5) is 70.7. The zero-order valence-electron chi connectivity index (χ0n) is 26.0. The number of methoxy groups -OCH3 is 1. The number of carbonyl (C=O) groups is 5. The third-order valence-electron chi connectivity index (χ3n) is 10.9. The van der Waals surface area contributed by atoms with Crippen LogP contribution in [0.2, 0.25) is 0 Å². The Morgan fingerprint density at radius 1 is 0.938 bits per heavy atom. The highest BCUT2D eigenvalue weighted by Crippen LogP contribution is 2.63. The Bertz CT molecular complexity index is 2010. The lowest BCUT2D eigenvalue weighted by molar-refractivity contribution is -0.138. The molecule has 3 aromatic carbocycles. The molecule has 9 heteroatoms. The Labute approximate surface area is 276 Å². The Morgan fingerprint density at radius 3 is 2.40 bits per heavy atom. The van der Waals surface area contributed by atoms with Gasteiger partial charge in [-0.25, -0.2) is 4.79 Å². The molecule has 6 atom stereocenters. The monoisotopic (exact) mass is 641 g/mol. The number of ether oxygens (including phenoxy) is 2. The summed E-state index contributed by atoms with van der Waals surface area (Å²) in [5.41, 5.74) is 2.35. The van der Waals surface area contributed by atoms with E-state index in [0.29, 0.717) is 44.9 Å². The van der Waals surface area contributed by atoms with Gasteiger partial charge in [0.05, 0.1) is 30.6 Å². The number of allylic oxidation sites excluding steroid dienone is 5. The van der Waals surface area contributed by atoms with Gasteiger partial charge in [0, 0.05) is 29.4 Å². The highest BCUT2D eigenvalue weighted by molar-refractivity contribution is 6.31. The maximum absolute atomic E-state index is 15.1. The van der Waals surface area contributed by atoms with Crippen LogP contribution in [-0.4, -0.2) is 46.6 Å². The predicted octanol–water partition coefficient (Wildman–Crippen LogP) is 5.33. The molecule has 1 saturated carbocycles. The summed E-state index contributed by atoms with van der Waals surface area (Å²) in [7, 11) is 1.12. The average Bonchev–Trinajstić information content (AvgIpc) is 3.37. The summed E-state index contributed by atoms with van der Waals surface area (Å²) in [6.45, 7) is 0. The zero-order chi connectivity index (χ0) is 33.3. The van der Waals surface area contributed by atoms with Crippen LogP contribution in [0, 0.1) is 29.6 Å². The fourth-order valence-electron chi connectivity index (χ4n) is 8.96. The summed E-state index contributed by atoms with van der Waals surface area (Å²) in [5.74, 6) is -5.11. The van der Waals surface area contributed by atoms with Crippen LogP contribution >= 0.6 is 0 Å². The van der Waals surface area contributed by atoms with Gasteiger partial charge in [-0.3, -0.25) is 19.2 Å². The van der Waals surface area contributed by atoms with Crippen molar-refractivity contribution in [3.63, 3.8) is 0 Å². The van der Waals surface area contributed by atoms with Crippen molar-refractivity contribution in [3.05, 3.63) is 125 Å².